The largest absolute Gasteiger partial charge is 0.379 e. The van der Waals surface area contributed by atoms with Crippen LogP contribution < -0.4 is 10.6 Å². The maximum absolute atomic E-state index is 5.41. The van der Waals surface area contributed by atoms with Crippen molar-refractivity contribution in [2.75, 3.05) is 63.1 Å². The van der Waals surface area contributed by atoms with Crippen molar-refractivity contribution >= 4 is 11.8 Å². The van der Waals surface area contributed by atoms with Crippen molar-refractivity contribution in [3.63, 3.8) is 0 Å². The quantitative estimate of drug-likeness (QED) is 0.693. The van der Waals surface area contributed by atoms with Crippen LogP contribution in [0.1, 0.15) is 24.1 Å². The zero-order valence-corrected chi connectivity index (χ0v) is 18.0. The molecule has 0 atom stereocenters. The van der Waals surface area contributed by atoms with Crippen LogP contribution in [0, 0.1) is 6.92 Å². The molecule has 2 aromatic rings. The van der Waals surface area contributed by atoms with Crippen LogP contribution in [0.2, 0.25) is 0 Å². The molecule has 162 valence electrons. The topological polar surface area (TPSA) is 65.6 Å². The highest BCUT2D eigenvalue weighted by atomic mass is 16.5. The van der Waals surface area contributed by atoms with Gasteiger partial charge in [-0.25, -0.2) is 4.98 Å². The molecule has 4 rings (SSSR count). The van der Waals surface area contributed by atoms with Crippen LogP contribution in [0.3, 0.4) is 0 Å². The van der Waals surface area contributed by atoms with E-state index in [1.807, 2.05) is 13.0 Å². The average Bonchev–Trinajstić information content (AvgIpc) is 2.76. The molecule has 2 N–H and O–H groups in total. The molecule has 1 aromatic carbocycles. The summed E-state index contributed by atoms with van der Waals surface area (Å²) in [6.07, 6.45) is 2.23. The van der Waals surface area contributed by atoms with Crippen molar-refractivity contribution in [3.05, 3.63) is 47.7 Å². The first-order valence-corrected chi connectivity index (χ1v) is 11.2. The molecule has 0 aliphatic carbocycles. The molecule has 2 fully saturated rings. The van der Waals surface area contributed by atoms with Crippen LogP contribution in [0.25, 0.3) is 0 Å². The number of ether oxygens (including phenoxy) is 1. The molecular weight excluding hydrogens is 376 g/mol. The lowest BCUT2D eigenvalue weighted by Crippen LogP contribution is -2.39. The van der Waals surface area contributed by atoms with Gasteiger partial charge in [-0.3, -0.25) is 9.80 Å². The first kappa shape index (κ1) is 21.0. The minimum absolute atomic E-state index is 0.431. The number of hydrogen-bond donors (Lipinski definition) is 2. The normalized spacial score (nSPS) is 19.0. The number of aryl methyl sites for hydroxylation is 1. The van der Waals surface area contributed by atoms with E-state index in [9.17, 15) is 0 Å². The number of nitrogens with zero attached hydrogens (tertiary/aromatic N) is 4. The van der Waals surface area contributed by atoms with Crippen molar-refractivity contribution in [3.8, 4) is 0 Å². The van der Waals surface area contributed by atoms with Crippen molar-refractivity contribution in [1.29, 1.82) is 0 Å². The predicted molar refractivity (Wildman–Crippen MR) is 121 cm³/mol. The number of likely N-dealkylation sites (tertiary alicyclic amines) is 1. The molecule has 7 nitrogen and oxygen atoms in total. The molecule has 0 saturated carbocycles. The molecule has 2 saturated heterocycles. The smallest absolute Gasteiger partial charge is 0.225 e. The van der Waals surface area contributed by atoms with Gasteiger partial charge < -0.3 is 15.4 Å². The Morgan fingerprint density at radius 2 is 1.77 bits per heavy atom. The van der Waals surface area contributed by atoms with Crippen molar-refractivity contribution < 1.29 is 4.74 Å². The number of aromatic nitrogens is 2. The molecule has 2 aliphatic rings. The predicted octanol–water partition coefficient (Wildman–Crippen LogP) is 2.61. The fourth-order valence-corrected chi connectivity index (χ4v) is 4.15. The second kappa shape index (κ2) is 10.7. The Labute approximate surface area is 179 Å². The lowest BCUT2D eigenvalue weighted by Gasteiger charge is -2.32. The van der Waals surface area contributed by atoms with E-state index in [-0.39, 0.29) is 0 Å². The number of morpholine rings is 1. The average molecular weight is 411 g/mol. The number of benzene rings is 1. The summed E-state index contributed by atoms with van der Waals surface area (Å²) in [6.45, 7) is 10.9. The summed E-state index contributed by atoms with van der Waals surface area (Å²) in [7, 11) is 0. The van der Waals surface area contributed by atoms with Crippen molar-refractivity contribution in [1.82, 2.24) is 19.8 Å². The summed E-state index contributed by atoms with van der Waals surface area (Å²) in [4.78, 5) is 14.3. The van der Waals surface area contributed by atoms with Gasteiger partial charge >= 0.3 is 0 Å². The van der Waals surface area contributed by atoms with Gasteiger partial charge in [-0.1, -0.05) is 30.3 Å². The number of hydrogen-bond acceptors (Lipinski definition) is 7. The van der Waals surface area contributed by atoms with Gasteiger partial charge in [0.15, 0.2) is 0 Å². The Kier molecular flexibility index (Phi) is 7.50. The third-order valence-corrected chi connectivity index (χ3v) is 5.86. The molecule has 30 heavy (non-hydrogen) atoms. The van der Waals surface area contributed by atoms with Gasteiger partial charge in [-0.15, -0.1) is 0 Å². The van der Waals surface area contributed by atoms with E-state index in [1.165, 1.54) is 5.56 Å². The first-order chi connectivity index (χ1) is 14.7. The summed E-state index contributed by atoms with van der Waals surface area (Å²) in [5.74, 6) is 1.64. The highest BCUT2D eigenvalue weighted by Crippen LogP contribution is 2.18. The van der Waals surface area contributed by atoms with Gasteiger partial charge in [-0.2, -0.15) is 4.98 Å². The Morgan fingerprint density at radius 1 is 1.00 bits per heavy atom. The Morgan fingerprint density at radius 3 is 2.53 bits per heavy atom. The first-order valence-electron chi connectivity index (χ1n) is 11.2. The SMILES string of the molecule is Cc1cc(NCCN2CCOCC2)nc(NC2CCN(Cc3ccccc3)CC2)n1. The monoisotopic (exact) mass is 410 g/mol. The Balaban J connectivity index is 1.23. The molecule has 1 aromatic heterocycles. The molecular formula is C23H34N6O. The van der Waals surface area contributed by atoms with Gasteiger partial charge in [-0.05, 0) is 25.3 Å². The highest BCUT2D eigenvalue weighted by molar-refractivity contribution is 5.42. The molecule has 7 heteroatoms. The summed E-state index contributed by atoms with van der Waals surface area (Å²) in [5, 5.41) is 7.03. The summed E-state index contributed by atoms with van der Waals surface area (Å²) < 4.78 is 5.41. The fourth-order valence-electron chi connectivity index (χ4n) is 4.15. The molecule has 0 unspecified atom stereocenters. The molecule has 0 bridgehead atoms. The van der Waals surface area contributed by atoms with E-state index in [1.54, 1.807) is 0 Å². The number of piperidine rings is 1. The van der Waals surface area contributed by atoms with E-state index in [2.05, 4.69) is 55.7 Å². The number of rotatable bonds is 8. The van der Waals surface area contributed by atoms with Gasteiger partial charge in [0, 0.05) is 63.6 Å². The second-order valence-electron chi connectivity index (χ2n) is 8.28. The summed E-state index contributed by atoms with van der Waals surface area (Å²) >= 11 is 0. The number of anilines is 2. The highest BCUT2D eigenvalue weighted by Gasteiger charge is 2.20. The van der Waals surface area contributed by atoms with Gasteiger partial charge in [0.05, 0.1) is 13.2 Å². The van der Waals surface area contributed by atoms with Crippen LogP contribution in [-0.4, -0.2) is 78.3 Å². The van der Waals surface area contributed by atoms with Crippen LogP contribution >= 0.6 is 0 Å². The Hall–Kier alpha value is -2.22. The zero-order valence-electron chi connectivity index (χ0n) is 18.0. The third kappa shape index (κ3) is 6.39. The maximum atomic E-state index is 5.41. The van der Waals surface area contributed by atoms with E-state index < -0.39 is 0 Å². The molecule has 0 radical (unpaired) electrons. The fraction of sp³-hybridized carbons (Fsp3) is 0.565. The van der Waals surface area contributed by atoms with Crippen molar-refractivity contribution in [2.24, 2.45) is 0 Å². The summed E-state index contributed by atoms with van der Waals surface area (Å²) in [5.41, 5.74) is 2.38. The van der Waals surface area contributed by atoms with Crippen LogP contribution in [0.5, 0.6) is 0 Å². The lowest BCUT2D eigenvalue weighted by atomic mass is 10.0. The minimum Gasteiger partial charge on any atom is -0.379 e. The molecule has 3 heterocycles. The molecule has 0 amide bonds. The second-order valence-corrected chi connectivity index (χ2v) is 8.28. The minimum atomic E-state index is 0.431. The molecule has 2 aliphatic heterocycles. The van der Waals surface area contributed by atoms with E-state index in [0.717, 1.165) is 89.3 Å². The van der Waals surface area contributed by atoms with Crippen LogP contribution in [0.15, 0.2) is 36.4 Å². The Bertz CT molecular complexity index is 773. The van der Waals surface area contributed by atoms with Gasteiger partial charge in [0.25, 0.3) is 0 Å². The van der Waals surface area contributed by atoms with Crippen LogP contribution in [-0.2, 0) is 11.3 Å². The molecule has 0 spiro atoms. The van der Waals surface area contributed by atoms with E-state index in [0.29, 0.717) is 6.04 Å². The van der Waals surface area contributed by atoms with Gasteiger partial charge in [0.1, 0.15) is 5.82 Å². The number of nitrogens with one attached hydrogen (secondary N) is 2. The lowest BCUT2D eigenvalue weighted by molar-refractivity contribution is 0.0398. The third-order valence-electron chi connectivity index (χ3n) is 5.86. The van der Waals surface area contributed by atoms with Crippen LogP contribution in [0.4, 0.5) is 11.8 Å². The maximum Gasteiger partial charge on any atom is 0.225 e. The standard InChI is InChI=1S/C23H34N6O/c1-19-17-22(24-9-12-28-13-15-30-16-14-28)27-23(25-19)26-21-7-10-29(11-8-21)18-20-5-3-2-4-6-20/h2-6,17,21H,7-16,18H2,1H3,(H2,24,25,26,27). The zero-order chi connectivity index (χ0) is 20.6. The van der Waals surface area contributed by atoms with Gasteiger partial charge in [0.2, 0.25) is 5.95 Å². The summed E-state index contributed by atoms with van der Waals surface area (Å²) in [6, 6.07) is 13.2. The van der Waals surface area contributed by atoms with E-state index in [4.69, 9.17) is 9.72 Å². The van der Waals surface area contributed by atoms with E-state index >= 15 is 0 Å². The van der Waals surface area contributed by atoms with Crippen molar-refractivity contribution in [2.45, 2.75) is 32.4 Å².